The Morgan fingerprint density at radius 2 is 1.00 bits per heavy atom. The molecule has 0 fully saturated rings. The van der Waals surface area contributed by atoms with Crippen LogP contribution in [0.2, 0.25) is 0 Å². The van der Waals surface area contributed by atoms with Gasteiger partial charge in [0.15, 0.2) is 0 Å². The Kier molecular flexibility index (Phi) is 42.5. The zero-order chi connectivity index (χ0) is 6.83. The third kappa shape index (κ3) is 54.2. The second-order valence-electron chi connectivity index (χ2n) is 1.71. The van der Waals surface area contributed by atoms with Crippen molar-refractivity contribution in [2.24, 2.45) is 0 Å². The van der Waals surface area contributed by atoms with Crippen LogP contribution in [0.15, 0.2) is 0 Å². The number of unbranched alkanes of at least 4 members (excludes halogenated alkanes) is 2. The minimum Gasteiger partial charge on any atom is -0.343 e. The van der Waals surface area contributed by atoms with Crippen LogP contribution in [0.3, 0.4) is 0 Å². The van der Waals surface area contributed by atoms with E-state index in [9.17, 15) is 0 Å². The van der Waals surface area contributed by atoms with E-state index in [1.165, 1.54) is 12.8 Å². The molecule has 0 bridgehead atoms. The van der Waals surface area contributed by atoms with E-state index in [4.69, 9.17) is 0 Å². The number of rotatable bonds is 2. The van der Waals surface area contributed by atoms with E-state index in [1.54, 1.807) is 0 Å². The van der Waals surface area contributed by atoms with E-state index in [0.717, 1.165) is 12.8 Å². The van der Waals surface area contributed by atoms with E-state index in [0.29, 0.717) is 0 Å². The van der Waals surface area contributed by atoms with Crippen LogP contribution in [-0.2, 0) is 20.4 Å². The zero-order valence-electron chi connectivity index (χ0n) is 6.56. The van der Waals surface area contributed by atoms with Gasteiger partial charge in [-0.15, -0.1) is 0 Å². The molecule has 0 spiro atoms. The molecule has 0 aromatic heterocycles. The molecule has 0 radical (unpaired) electrons. The van der Waals surface area contributed by atoms with Crippen LogP contribution in [-0.4, -0.2) is 0 Å². The maximum atomic E-state index is 3.60. The maximum absolute atomic E-state index is 3.60. The first kappa shape index (κ1) is 16.3. The summed E-state index contributed by atoms with van der Waals surface area (Å²) in [5.74, 6) is 0. The molecule has 0 heterocycles. The summed E-state index contributed by atoms with van der Waals surface area (Å²) in [6.07, 6.45) is 4.56. The fraction of sp³-hybridized carbons (Fsp3) is 0.750. The molecule has 0 unspecified atom stereocenters. The Morgan fingerprint density at radius 1 is 0.889 bits per heavy atom. The van der Waals surface area contributed by atoms with Gasteiger partial charge in [-0.3, -0.25) is 0 Å². The van der Waals surface area contributed by atoms with E-state index in [1.807, 2.05) is 0 Å². The van der Waals surface area contributed by atoms with E-state index >= 15 is 0 Å². The Hall–Kier alpha value is 0.662. The van der Waals surface area contributed by atoms with Crippen molar-refractivity contribution in [1.82, 2.24) is 0 Å². The second kappa shape index (κ2) is 23.4. The third-order valence-corrected chi connectivity index (χ3v) is 0.707. The monoisotopic (exact) mass is 220 g/mol. The molecule has 9 heavy (non-hydrogen) atoms. The minimum atomic E-state index is 0. The van der Waals surface area contributed by atoms with Gasteiger partial charge in [0.1, 0.15) is 0 Å². The van der Waals surface area contributed by atoms with Crippen LogP contribution in [0.4, 0.5) is 0 Å². The summed E-state index contributed by atoms with van der Waals surface area (Å²) in [4.78, 5) is 0. The molecule has 0 atom stereocenters. The molecule has 0 rings (SSSR count). The summed E-state index contributed by atoms with van der Waals surface area (Å²) in [5.41, 5.74) is 0. The normalized spacial score (nSPS) is 6.67. The topological polar surface area (TPSA) is 0 Å². The van der Waals surface area contributed by atoms with Gasteiger partial charge >= 0.3 is 20.4 Å². The van der Waals surface area contributed by atoms with Crippen molar-refractivity contribution in [3.05, 3.63) is 13.8 Å². The summed E-state index contributed by atoms with van der Waals surface area (Å²) in [5, 5.41) is 0. The quantitative estimate of drug-likeness (QED) is 0.495. The van der Waals surface area contributed by atoms with Crippen molar-refractivity contribution >= 4 is 0 Å². The Labute approximate surface area is 74.1 Å². The summed E-state index contributed by atoms with van der Waals surface area (Å²) < 4.78 is 0. The van der Waals surface area contributed by atoms with Crippen LogP contribution in [0.5, 0.6) is 0 Å². The van der Waals surface area contributed by atoms with Gasteiger partial charge in [-0.2, -0.15) is 12.8 Å². The molecule has 0 saturated heterocycles. The summed E-state index contributed by atoms with van der Waals surface area (Å²) in [6, 6.07) is 0. The predicted molar refractivity (Wildman–Crippen MR) is 40.5 cm³/mol. The van der Waals surface area contributed by atoms with E-state index in [-0.39, 0.29) is 20.4 Å². The zero-order valence-corrected chi connectivity index (χ0v) is 8.11. The number of hydrogen-bond acceptors (Lipinski definition) is 0. The largest absolute Gasteiger partial charge is 2.00 e. The average Bonchev–Trinajstić information content (AvgIpc) is 1.88. The average molecular weight is 221 g/mol. The van der Waals surface area contributed by atoms with E-state index in [2.05, 4.69) is 27.7 Å². The molecule has 60 valence electrons. The molecule has 0 amide bonds. The molecule has 0 saturated carbocycles. The third-order valence-electron chi connectivity index (χ3n) is 0.707. The first-order chi connectivity index (χ1) is 3.83. The minimum absolute atomic E-state index is 0. The fourth-order valence-electron chi connectivity index (χ4n) is 0. The summed E-state index contributed by atoms with van der Waals surface area (Å²) in [6.45, 7) is 11.4. The molecule has 0 aliphatic rings. The van der Waals surface area contributed by atoms with Crippen molar-refractivity contribution in [3.8, 4) is 0 Å². The van der Waals surface area contributed by atoms with Gasteiger partial charge in [0.05, 0.1) is 0 Å². The van der Waals surface area contributed by atoms with Crippen LogP contribution in [0.25, 0.3) is 0 Å². The van der Waals surface area contributed by atoms with Crippen LogP contribution >= 0.6 is 0 Å². The fourth-order valence-corrected chi connectivity index (χ4v) is 0. The molecular formula is C8H18Pd. The van der Waals surface area contributed by atoms with Crippen LogP contribution in [0, 0.1) is 13.8 Å². The second-order valence-corrected chi connectivity index (χ2v) is 1.71. The van der Waals surface area contributed by atoms with E-state index < -0.39 is 0 Å². The van der Waals surface area contributed by atoms with Gasteiger partial charge in [-0.05, 0) is 0 Å². The predicted octanol–water partition coefficient (Wildman–Crippen LogP) is 3.24. The molecular weight excluding hydrogens is 203 g/mol. The Bertz CT molecular complexity index is 12.5. The standard InChI is InChI=1S/2C4H9.Pd/c2*1-3-4-2;/h2*1,3-4H2,2H3;/q2*-1;+2. The van der Waals surface area contributed by atoms with Crippen molar-refractivity contribution < 1.29 is 20.4 Å². The van der Waals surface area contributed by atoms with Gasteiger partial charge in [-0.1, -0.05) is 26.7 Å². The van der Waals surface area contributed by atoms with Crippen molar-refractivity contribution in [2.45, 2.75) is 39.5 Å². The summed E-state index contributed by atoms with van der Waals surface area (Å²) >= 11 is 0. The van der Waals surface area contributed by atoms with Gasteiger partial charge in [-0.25, -0.2) is 0 Å². The van der Waals surface area contributed by atoms with Crippen molar-refractivity contribution in [3.63, 3.8) is 0 Å². The smallest absolute Gasteiger partial charge is 0.343 e. The molecule has 0 N–H and O–H groups in total. The van der Waals surface area contributed by atoms with Gasteiger partial charge in [0.2, 0.25) is 0 Å². The molecule has 1 heteroatoms. The summed E-state index contributed by atoms with van der Waals surface area (Å²) in [7, 11) is 0. The molecule has 0 aliphatic carbocycles. The Morgan fingerprint density at radius 3 is 1.00 bits per heavy atom. The Balaban J connectivity index is -0.0000000720. The number of hydrogen-bond donors (Lipinski definition) is 0. The van der Waals surface area contributed by atoms with Gasteiger partial charge in [0.25, 0.3) is 0 Å². The van der Waals surface area contributed by atoms with Gasteiger partial charge < -0.3 is 13.8 Å². The van der Waals surface area contributed by atoms with Crippen LogP contribution in [0.1, 0.15) is 39.5 Å². The van der Waals surface area contributed by atoms with Crippen LogP contribution < -0.4 is 0 Å². The SMILES string of the molecule is [CH2-]CCC.[CH2-]CCC.[Pd+2]. The van der Waals surface area contributed by atoms with Crippen molar-refractivity contribution in [2.75, 3.05) is 0 Å². The molecule has 0 nitrogen and oxygen atoms in total. The first-order valence-electron chi connectivity index (χ1n) is 3.41. The molecule has 0 aliphatic heterocycles. The maximum Gasteiger partial charge on any atom is 2.00 e. The molecule has 0 aromatic carbocycles. The first-order valence-corrected chi connectivity index (χ1v) is 3.41. The van der Waals surface area contributed by atoms with Crippen molar-refractivity contribution in [1.29, 1.82) is 0 Å². The van der Waals surface area contributed by atoms with Gasteiger partial charge in [0, 0.05) is 0 Å². The molecule has 0 aromatic rings.